The minimum Gasteiger partial charge on any atom is -0.512 e. The predicted molar refractivity (Wildman–Crippen MR) is 67.8 cm³/mol. The van der Waals surface area contributed by atoms with E-state index in [1.54, 1.807) is 6.08 Å². The monoisotopic (exact) mass is 230 g/mol. The Morgan fingerprint density at radius 2 is 2.06 bits per heavy atom. The first-order valence-corrected chi connectivity index (χ1v) is 6.23. The Bertz CT molecular complexity index is 406. The number of Topliss-reactive ketones (excluding diaryl/α,β-unsaturated/α-hetero) is 1. The average molecular weight is 230 g/mol. The standard InChI is InChI=1S/C15H18O2/c16-14-9-5-4-8-13(14)15(17)11-10-12-6-2-1-3-7-12/h1-3,6-7,11,13,17H,4-5,8-10H2/b15-11+. The van der Waals surface area contributed by atoms with E-state index in [1.165, 1.54) is 0 Å². The maximum atomic E-state index is 11.6. The van der Waals surface area contributed by atoms with Crippen molar-refractivity contribution in [2.75, 3.05) is 0 Å². The van der Waals surface area contributed by atoms with Crippen LogP contribution in [0.2, 0.25) is 0 Å². The molecule has 2 rings (SSSR count). The van der Waals surface area contributed by atoms with E-state index in [-0.39, 0.29) is 17.5 Å². The summed E-state index contributed by atoms with van der Waals surface area (Å²) in [6.07, 6.45) is 5.91. The quantitative estimate of drug-likeness (QED) is 0.808. The minimum absolute atomic E-state index is 0.193. The Labute approximate surface area is 102 Å². The van der Waals surface area contributed by atoms with Crippen LogP contribution >= 0.6 is 0 Å². The van der Waals surface area contributed by atoms with Crippen LogP contribution in [0.5, 0.6) is 0 Å². The van der Waals surface area contributed by atoms with Gasteiger partial charge in [-0.25, -0.2) is 0 Å². The second-order valence-electron chi connectivity index (χ2n) is 4.58. The fourth-order valence-electron chi connectivity index (χ4n) is 2.27. The van der Waals surface area contributed by atoms with Crippen LogP contribution in [0.25, 0.3) is 0 Å². The predicted octanol–water partition coefficient (Wildman–Crippen LogP) is 3.43. The van der Waals surface area contributed by atoms with Gasteiger partial charge in [-0.2, -0.15) is 0 Å². The topological polar surface area (TPSA) is 37.3 Å². The molecule has 0 heterocycles. The van der Waals surface area contributed by atoms with Crippen molar-refractivity contribution in [3.05, 3.63) is 47.7 Å². The van der Waals surface area contributed by atoms with E-state index in [0.717, 1.165) is 24.8 Å². The third kappa shape index (κ3) is 3.19. The van der Waals surface area contributed by atoms with E-state index < -0.39 is 0 Å². The SMILES string of the molecule is O=C1CCCCC1/C(O)=C\Cc1ccccc1. The molecule has 1 saturated carbocycles. The molecule has 1 N–H and O–H groups in total. The molecule has 90 valence electrons. The summed E-state index contributed by atoms with van der Waals surface area (Å²) in [7, 11) is 0. The summed E-state index contributed by atoms with van der Waals surface area (Å²) in [4.78, 5) is 11.6. The summed E-state index contributed by atoms with van der Waals surface area (Å²) >= 11 is 0. The first kappa shape index (κ1) is 11.9. The number of ketones is 1. The van der Waals surface area contributed by atoms with Crippen LogP contribution in [0.3, 0.4) is 0 Å². The smallest absolute Gasteiger partial charge is 0.143 e. The molecule has 0 saturated heterocycles. The lowest BCUT2D eigenvalue weighted by Crippen LogP contribution is -2.21. The molecular formula is C15H18O2. The number of rotatable bonds is 3. The van der Waals surface area contributed by atoms with Crippen LogP contribution in [-0.4, -0.2) is 10.9 Å². The summed E-state index contributed by atoms with van der Waals surface area (Å²) in [5, 5.41) is 9.95. The summed E-state index contributed by atoms with van der Waals surface area (Å²) in [5.74, 6) is 0.212. The van der Waals surface area contributed by atoms with Gasteiger partial charge in [-0.3, -0.25) is 4.79 Å². The van der Waals surface area contributed by atoms with Crippen molar-refractivity contribution in [1.82, 2.24) is 0 Å². The number of hydrogen-bond donors (Lipinski definition) is 1. The average Bonchev–Trinajstić information content (AvgIpc) is 2.38. The highest BCUT2D eigenvalue weighted by Gasteiger charge is 2.25. The van der Waals surface area contributed by atoms with Gasteiger partial charge in [0, 0.05) is 6.42 Å². The van der Waals surface area contributed by atoms with Gasteiger partial charge in [-0.05, 0) is 30.9 Å². The zero-order chi connectivity index (χ0) is 12.1. The lowest BCUT2D eigenvalue weighted by Gasteiger charge is -2.19. The fourth-order valence-corrected chi connectivity index (χ4v) is 2.27. The van der Waals surface area contributed by atoms with Crippen LogP contribution in [0.4, 0.5) is 0 Å². The molecule has 1 aromatic carbocycles. The maximum Gasteiger partial charge on any atom is 0.143 e. The number of allylic oxidation sites excluding steroid dienone is 2. The second-order valence-corrected chi connectivity index (χ2v) is 4.58. The number of hydrogen-bond acceptors (Lipinski definition) is 2. The second kappa shape index (κ2) is 5.67. The third-order valence-corrected chi connectivity index (χ3v) is 3.30. The van der Waals surface area contributed by atoms with Gasteiger partial charge in [0.2, 0.25) is 0 Å². The third-order valence-electron chi connectivity index (χ3n) is 3.30. The molecule has 1 aliphatic carbocycles. The van der Waals surface area contributed by atoms with Crippen LogP contribution < -0.4 is 0 Å². The molecule has 1 fully saturated rings. The summed E-state index contributed by atoms with van der Waals surface area (Å²) in [5.41, 5.74) is 1.15. The Morgan fingerprint density at radius 1 is 1.29 bits per heavy atom. The molecular weight excluding hydrogens is 212 g/mol. The molecule has 1 aliphatic rings. The highest BCUT2D eigenvalue weighted by atomic mass is 16.3. The van der Waals surface area contributed by atoms with E-state index >= 15 is 0 Å². The largest absolute Gasteiger partial charge is 0.512 e. The molecule has 2 heteroatoms. The first-order valence-electron chi connectivity index (χ1n) is 6.23. The molecule has 1 aromatic rings. The molecule has 0 bridgehead atoms. The van der Waals surface area contributed by atoms with Gasteiger partial charge in [0.05, 0.1) is 11.7 Å². The molecule has 1 unspecified atom stereocenters. The Balaban J connectivity index is 1.99. The van der Waals surface area contributed by atoms with E-state index in [0.29, 0.717) is 12.8 Å². The number of carbonyl (C=O) groups is 1. The molecule has 1 atom stereocenters. The van der Waals surface area contributed by atoms with Crippen LogP contribution in [0.15, 0.2) is 42.2 Å². The number of aliphatic hydroxyl groups excluding tert-OH is 1. The van der Waals surface area contributed by atoms with E-state index in [2.05, 4.69) is 0 Å². The highest BCUT2D eigenvalue weighted by Crippen LogP contribution is 2.25. The van der Waals surface area contributed by atoms with Crippen molar-refractivity contribution < 1.29 is 9.90 Å². The lowest BCUT2D eigenvalue weighted by atomic mass is 9.86. The molecule has 0 amide bonds. The van der Waals surface area contributed by atoms with Crippen LogP contribution in [0, 0.1) is 5.92 Å². The normalized spacial score (nSPS) is 21.5. The number of benzene rings is 1. The Hall–Kier alpha value is -1.57. The number of carbonyl (C=O) groups excluding carboxylic acids is 1. The highest BCUT2D eigenvalue weighted by molar-refractivity contribution is 5.83. The summed E-state index contributed by atoms with van der Waals surface area (Å²) < 4.78 is 0. The minimum atomic E-state index is -0.243. The van der Waals surface area contributed by atoms with Crippen molar-refractivity contribution in [3.63, 3.8) is 0 Å². The van der Waals surface area contributed by atoms with Gasteiger partial charge in [0.1, 0.15) is 5.78 Å². The molecule has 0 radical (unpaired) electrons. The molecule has 17 heavy (non-hydrogen) atoms. The van der Waals surface area contributed by atoms with Crippen molar-refractivity contribution in [2.24, 2.45) is 5.92 Å². The van der Waals surface area contributed by atoms with Gasteiger partial charge in [-0.1, -0.05) is 36.8 Å². The van der Waals surface area contributed by atoms with Gasteiger partial charge in [0.15, 0.2) is 0 Å². The van der Waals surface area contributed by atoms with Gasteiger partial charge in [0.25, 0.3) is 0 Å². The van der Waals surface area contributed by atoms with Crippen molar-refractivity contribution in [2.45, 2.75) is 32.1 Å². The Kier molecular flexibility index (Phi) is 3.97. The summed E-state index contributed by atoms with van der Waals surface area (Å²) in [6.45, 7) is 0. The molecule has 2 nitrogen and oxygen atoms in total. The number of aliphatic hydroxyl groups is 1. The van der Waals surface area contributed by atoms with Crippen molar-refractivity contribution >= 4 is 5.78 Å². The van der Waals surface area contributed by atoms with Crippen LogP contribution in [-0.2, 0) is 11.2 Å². The molecule has 0 aliphatic heterocycles. The zero-order valence-electron chi connectivity index (χ0n) is 9.93. The maximum absolute atomic E-state index is 11.6. The zero-order valence-corrected chi connectivity index (χ0v) is 9.93. The van der Waals surface area contributed by atoms with E-state index in [4.69, 9.17) is 0 Å². The molecule has 0 aromatic heterocycles. The van der Waals surface area contributed by atoms with E-state index in [1.807, 2.05) is 30.3 Å². The lowest BCUT2D eigenvalue weighted by molar-refractivity contribution is -0.124. The Morgan fingerprint density at radius 3 is 2.76 bits per heavy atom. The van der Waals surface area contributed by atoms with Gasteiger partial charge in [-0.15, -0.1) is 0 Å². The summed E-state index contributed by atoms with van der Waals surface area (Å²) in [6, 6.07) is 9.97. The molecule has 0 spiro atoms. The van der Waals surface area contributed by atoms with Crippen molar-refractivity contribution in [3.8, 4) is 0 Å². The van der Waals surface area contributed by atoms with Crippen molar-refractivity contribution in [1.29, 1.82) is 0 Å². The van der Waals surface area contributed by atoms with Gasteiger partial charge >= 0.3 is 0 Å². The van der Waals surface area contributed by atoms with Crippen LogP contribution in [0.1, 0.15) is 31.2 Å². The fraction of sp³-hybridized carbons (Fsp3) is 0.400. The van der Waals surface area contributed by atoms with E-state index in [9.17, 15) is 9.90 Å². The van der Waals surface area contributed by atoms with Gasteiger partial charge < -0.3 is 5.11 Å². The first-order chi connectivity index (χ1) is 8.27.